The SMILES string of the molecule is O=C(c1nccs1)N1CCc2[nH]cnc2[C@H]1c1cc2cc(F)ccc2o1. The second kappa shape index (κ2) is 5.77. The van der Waals surface area contributed by atoms with E-state index in [-0.39, 0.29) is 11.7 Å². The molecule has 1 aromatic carbocycles. The van der Waals surface area contributed by atoms with Gasteiger partial charge in [-0.2, -0.15) is 0 Å². The minimum absolute atomic E-state index is 0.162. The highest BCUT2D eigenvalue weighted by atomic mass is 32.1. The number of H-pyrrole nitrogens is 1. The maximum absolute atomic E-state index is 13.5. The maximum atomic E-state index is 13.5. The Morgan fingerprint density at radius 3 is 3.12 bits per heavy atom. The second-order valence-corrected chi connectivity index (χ2v) is 6.98. The molecule has 4 aromatic rings. The van der Waals surface area contributed by atoms with E-state index in [2.05, 4.69) is 15.0 Å². The molecule has 0 unspecified atom stereocenters. The largest absolute Gasteiger partial charge is 0.458 e. The topological polar surface area (TPSA) is 75.0 Å². The van der Waals surface area contributed by atoms with Crippen molar-refractivity contribution in [1.82, 2.24) is 19.9 Å². The Balaban J connectivity index is 1.64. The van der Waals surface area contributed by atoms with Gasteiger partial charge in [-0.25, -0.2) is 14.4 Å². The number of amides is 1. The minimum Gasteiger partial charge on any atom is -0.458 e. The number of fused-ring (bicyclic) bond motifs is 2. The van der Waals surface area contributed by atoms with E-state index >= 15 is 0 Å². The average Bonchev–Trinajstić information content (AvgIpc) is 3.38. The Hall–Kier alpha value is -3.00. The minimum atomic E-state index is -0.475. The normalized spacial score (nSPS) is 16.8. The van der Waals surface area contributed by atoms with Gasteiger partial charge in [0.05, 0.1) is 12.0 Å². The van der Waals surface area contributed by atoms with Gasteiger partial charge in [-0.3, -0.25) is 4.79 Å². The number of carbonyl (C=O) groups is 1. The number of nitrogens with zero attached hydrogens (tertiary/aromatic N) is 3. The maximum Gasteiger partial charge on any atom is 0.283 e. The summed E-state index contributed by atoms with van der Waals surface area (Å²) in [4.78, 5) is 26.4. The van der Waals surface area contributed by atoms with Gasteiger partial charge >= 0.3 is 0 Å². The summed E-state index contributed by atoms with van der Waals surface area (Å²) in [5, 5.41) is 2.86. The van der Waals surface area contributed by atoms with Gasteiger partial charge in [-0.1, -0.05) is 0 Å². The number of rotatable bonds is 2. The van der Waals surface area contributed by atoms with Gasteiger partial charge in [-0.05, 0) is 24.3 Å². The van der Waals surface area contributed by atoms with E-state index in [4.69, 9.17) is 4.42 Å². The average molecular weight is 368 g/mol. The number of thiazole rings is 1. The van der Waals surface area contributed by atoms with Crippen molar-refractivity contribution >= 4 is 28.2 Å². The lowest BCUT2D eigenvalue weighted by atomic mass is 10.00. The zero-order valence-electron chi connectivity index (χ0n) is 13.5. The molecule has 1 aliphatic rings. The van der Waals surface area contributed by atoms with E-state index in [9.17, 15) is 9.18 Å². The highest BCUT2D eigenvalue weighted by Gasteiger charge is 2.37. The van der Waals surface area contributed by atoms with Gasteiger partial charge in [0, 0.05) is 35.6 Å². The molecule has 0 bridgehead atoms. The highest BCUT2D eigenvalue weighted by Crippen LogP contribution is 2.37. The molecule has 1 amide bonds. The van der Waals surface area contributed by atoms with E-state index in [1.165, 1.54) is 23.5 Å². The number of aromatic nitrogens is 3. The first-order valence-corrected chi connectivity index (χ1v) is 9.00. The van der Waals surface area contributed by atoms with Crippen LogP contribution in [0.1, 0.15) is 33.0 Å². The van der Waals surface area contributed by atoms with E-state index < -0.39 is 6.04 Å². The van der Waals surface area contributed by atoms with Crippen LogP contribution in [0.15, 0.2) is 46.6 Å². The van der Waals surface area contributed by atoms with Crippen LogP contribution in [-0.4, -0.2) is 32.3 Å². The van der Waals surface area contributed by atoms with Crippen molar-refractivity contribution in [3.05, 3.63) is 70.1 Å². The second-order valence-electron chi connectivity index (χ2n) is 6.09. The first-order chi connectivity index (χ1) is 12.7. The Morgan fingerprint density at radius 2 is 2.27 bits per heavy atom. The van der Waals surface area contributed by atoms with Crippen molar-refractivity contribution in [3.8, 4) is 0 Å². The van der Waals surface area contributed by atoms with E-state index in [1.54, 1.807) is 34.9 Å². The number of furan rings is 1. The zero-order valence-corrected chi connectivity index (χ0v) is 14.3. The smallest absolute Gasteiger partial charge is 0.283 e. The van der Waals surface area contributed by atoms with Gasteiger partial charge in [-0.15, -0.1) is 11.3 Å². The van der Waals surface area contributed by atoms with Crippen LogP contribution in [0.3, 0.4) is 0 Å². The quantitative estimate of drug-likeness (QED) is 0.587. The summed E-state index contributed by atoms with van der Waals surface area (Å²) in [6, 6.07) is 5.67. The first-order valence-electron chi connectivity index (χ1n) is 8.12. The Labute approximate surface area is 151 Å². The van der Waals surface area contributed by atoms with Crippen LogP contribution < -0.4 is 0 Å². The monoisotopic (exact) mass is 368 g/mol. The Bertz CT molecular complexity index is 1100. The molecule has 0 fully saturated rings. The lowest BCUT2D eigenvalue weighted by Gasteiger charge is -2.33. The molecule has 130 valence electrons. The third-order valence-corrected chi connectivity index (χ3v) is 5.33. The molecular weight excluding hydrogens is 355 g/mol. The molecule has 1 aliphatic heterocycles. The molecule has 8 heteroatoms. The fourth-order valence-corrected chi connectivity index (χ4v) is 4.00. The van der Waals surface area contributed by atoms with Gasteiger partial charge in [0.25, 0.3) is 5.91 Å². The van der Waals surface area contributed by atoms with Crippen LogP contribution in [0, 0.1) is 5.82 Å². The standard InChI is InChI=1S/C18H13FN4O2S/c19-11-1-2-13-10(7-11)8-14(25-13)16-15-12(21-9-22-15)3-5-23(16)18(24)17-20-4-6-26-17/h1-2,4,6-9,16H,3,5H2,(H,21,22)/t16-/m1/s1. The summed E-state index contributed by atoms with van der Waals surface area (Å²) < 4.78 is 19.5. The van der Waals surface area contributed by atoms with Gasteiger partial charge in [0.1, 0.15) is 23.2 Å². The van der Waals surface area contributed by atoms with E-state index in [1.807, 2.05) is 0 Å². The molecule has 0 saturated carbocycles. The molecule has 0 radical (unpaired) electrons. The van der Waals surface area contributed by atoms with Crippen molar-refractivity contribution in [3.63, 3.8) is 0 Å². The first kappa shape index (κ1) is 15.3. The molecule has 0 aliphatic carbocycles. The number of nitrogens with one attached hydrogen (secondary N) is 1. The van der Waals surface area contributed by atoms with Crippen molar-refractivity contribution in [2.24, 2.45) is 0 Å². The van der Waals surface area contributed by atoms with E-state index in [0.717, 1.165) is 11.4 Å². The van der Waals surface area contributed by atoms with Crippen LogP contribution in [-0.2, 0) is 6.42 Å². The number of aromatic amines is 1. The van der Waals surface area contributed by atoms with Crippen LogP contribution in [0.2, 0.25) is 0 Å². The Morgan fingerprint density at radius 1 is 1.35 bits per heavy atom. The van der Waals surface area contributed by atoms with Crippen LogP contribution >= 0.6 is 11.3 Å². The third kappa shape index (κ3) is 2.33. The summed E-state index contributed by atoms with van der Waals surface area (Å²) in [6.45, 7) is 0.518. The van der Waals surface area contributed by atoms with Crippen LogP contribution in [0.4, 0.5) is 4.39 Å². The van der Waals surface area contributed by atoms with Crippen molar-refractivity contribution < 1.29 is 13.6 Å². The summed E-state index contributed by atoms with van der Waals surface area (Å²) >= 11 is 1.30. The number of halogens is 1. The van der Waals surface area contributed by atoms with Crippen molar-refractivity contribution in [2.45, 2.75) is 12.5 Å². The number of carbonyl (C=O) groups excluding carboxylic acids is 1. The highest BCUT2D eigenvalue weighted by molar-refractivity contribution is 7.11. The van der Waals surface area contributed by atoms with Gasteiger partial charge in [0.15, 0.2) is 5.01 Å². The van der Waals surface area contributed by atoms with E-state index in [0.29, 0.717) is 34.7 Å². The molecule has 5 rings (SSSR count). The molecule has 26 heavy (non-hydrogen) atoms. The number of hydrogen-bond acceptors (Lipinski definition) is 5. The number of imidazole rings is 1. The molecule has 0 saturated heterocycles. The van der Waals surface area contributed by atoms with Gasteiger partial charge in [0.2, 0.25) is 0 Å². The number of benzene rings is 1. The fourth-order valence-electron chi connectivity index (χ4n) is 3.40. The molecule has 0 spiro atoms. The molecular formula is C18H13FN4O2S. The Kier molecular flexibility index (Phi) is 3.39. The van der Waals surface area contributed by atoms with Crippen molar-refractivity contribution in [1.29, 1.82) is 0 Å². The predicted octanol–water partition coefficient (Wildman–Crippen LogP) is 3.54. The molecule has 4 heterocycles. The summed E-state index contributed by atoms with van der Waals surface area (Å²) in [6.07, 6.45) is 3.91. The third-order valence-electron chi connectivity index (χ3n) is 4.57. The molecule has 3 aromatic heterocycles. The molecule has 1 N–H and O–H groups in total. The number of hydrogen-bond donors (Lipinski definition) is 1. The summed E-state index contributed by atoms with van der Waals surface area (Å²) in [7, 11) is 0. The van der Waals surface area contributed by atoms with Crippen LogP contribution in [0.5, 0.6) is 0 Å². The lowest BCUT2D eigenvalue weighted by Crippen LogP contribution is -2.40. The molecule has 1 atom stereocenters. The van der Waals surface area contributed by atoms with Crippen molar-refractivity contribution in [2.75, 3.05) is 6.54 Å². The van der Waals surface area contributed by atoms with Gasteiger partial charge < -0.3 is 14.3 Å². The summed E-state index contributed by atoms with van der Waals surface area (Å²) in [5.41, 5.74) is 2.30. The molecule has 6 nitrogen and oxygen atoms in total. The van der Waals surface area contributed by atoms with Crippen LogP contribution in [0.25, 0.3) is 11.0 Å². The predicted molar refractivity (Wildman–Crippen MR) is 93.5 cm³/mol. The zero-order chi connectivity index (χ0) is 17.7. The lowest BCUT2D eigenvalue weighted by molar-refractivity contribution is 0.0672. The fraction of sp³-hybridized carbons (Fsp3) is 0.167. The summed E-state index contributed by atoms with van der Waals surface area (Å²) in [5.74, 6) is 0.0681.